The summed E-state index contributed by atoms with van der Waals surface area (Å²) in [6, 6.07) is 10.1. The fourth-order valence-electron chi connectivity index (χ4n) is 1.62. The van der Waals surface area contributed by atoms with Crippen molar-refractivity contribution in [3.05, 3.63) is 42.1 Å². The summed E-state index contributed by atoms with van der Waals surface area (Å²) in [7, 11) is 0. The Morgan fingerprint density at radius 2 is 1.75 bits per heavy atom. The van der Waals surface area contributed by atoms with Gasteiger partial charge in [0.05, 0.1) is 0 Å². The molecule has 0 amide bonds. The summed E-state index contributed by atoms with van der Waals surface area (Å²) < 4.78 is 39.9. The first-order chi connectivity index (χ1) is 9.39. The lowest BCUT2D eigenvalue weighted by atomic mass is 10.1. The minimum Gasteiger partial charge on any atom is -0.406 e. The standard InChI is InChI=1S/C13H8F3N3O/c14-13(15,16)20-10-4-1-8(2-5-10)11-6-3-9(7-17)19-12(11)18/h1-6H,(H2,18,19). The molecule has 2 rings (SSSR count). The second kappa shape index (κ2) is 5.09. The Morgan fingerprint density at radius 3 is 2.25 bits per heavy atom. The molecule has 7 heteroatoms. The van der Waals surface area contributed by atoms with Crippen LogP contribution in [-0.4, -0.2) is 11.3 Å². The maximum Gasteiger partial charge on any atom is 0.573 e. The van der Waals surface area contributed by atoms with Crippen molar-refractivity contribution in [2.75, 3.05) is 5.73 Å². The van der Waals surface area contributed by atoms with E-state index in [-0.39, 0.29) is 17.3 Å². The lowest BCUT2D eigenvalue weighted by Crippen LogP contribution is -2.16. The highest BCUT2D eigenvalue weighted by Gasteiger charge is 2.30. The van der Waals surface area contributed by atoms with Crippen molar-refractivity contribution >= 4 is 5.82 Å². The summed E-state index contributed by atoms with van der Waals surface area (Å²) in [5.74, 6) is -0.185. The molecule has 0 aliphatic heterocycles. The Labute approximate surface area is 112 Å². The Kier molecular flexibility index (Phi) is 3.48. The quantitative estimate of drug-likeness (QED) is 0.916. The van der Waals surface area contributed by atoms with E-state index in [1.165, 1.54) is 30.3 Å². The van der Waals surface area contributed by atoms with Gasteiger partial charge in [-0.2, -0.15) is 5.26 Å². The van der Waals surface area contributed by atoms with E-state index in [0.717, 1.165) is 0 Å². The molecule has 0 bridgehead atoms. The predicted octanol–water partition coefficient (Wildman–Crippen LogP) is 3.10. The summed E-state index contributed by atoms with van der Waals surface area (Å²) in [4.78, 5) is 3.86. The first-order valence-electron chi connectivity index (χ1n) is 5.42. The van der Waals surface area contributed by atoms with Gasteiger partial charge in [-0.3, -0.25) is 0 Å². The molecule has 4 nitrogen and oxygen atoms in total. The van der Waals surface area contributed by atoms with Crippen LogP contribution in [-0.2, 0) is 0 Å². The summed E-state index contributed by atoms with van der Waals surface area (Å²) in [5.41, 5.74) is 6.97. The van der Waals surface area contributed by atoms with E-state index in [9.17, 15) is 13.2 Å². The van der Waals surface area contributed by atoms with Crippen LogP contribution in [0.4, 0.5) is 19.0 Å². The van der Waals surface area contributed by atoms with Gasteiger partial charge >= 0.3 is 6.36 Å². The number of benzene rings is 1. The molecule has 1 aromatic carbocycles. The number of nitriles is 1. The molecule has 0 saturated heterocycles. The monoisotopic (exact) mass is 279 g/mol. The summed E-state index contributed by atoms with van der Waals surface area (Å²) in [6.07, 6.45) is -4.73. The number of ether oxygens (including phenoxy) is 1. The van der Waals surface area contributed by atoms with Crippen LogP contribution in [0.1, 0.15) is 5.69 Å². The summed E-state index contributed by atoms with van der Waals surface area (Å²) in [5, 5.41) is 8.68. The van der Waals surface area contributed by atoms with E-state index < -0.39 is 6.36 Å². The van der Waals surface area contributed by atoms with Crippen LogP contribution >= 0.6 is 0 Å². The van der Waals surface area contributed by atoms with Gasteiger partial charge in [-0.1, -0.05) is 12.1 Å². The molecular formula is C13H8F3N3O. The molecule has 0 atom stereocenters. The topological polar surface area (TPSA) is 71.9 Å². The van der Waals surface area contributed by atoms with Crippen LogP contribution in [0.3, 0.4) is 0 Å². The molecule has 2 N–H and O–H groups in total. The highest BCUT2D eigenvalue weighted by molar-refractivity contribution is 5.74. The van der Waals surface area contributed by atoms with Crippen molar-refractivity contribution in [3.63, 3.8) is 0 Å². The molecule has 0 unspecified atom stereocenters. The molecule has 102 valence electrons. The Morgan fingerprint density at radius 1 is 1.10 bits per heavy atom. The average Bonchev–Trinajstić information content (AvgIpc) is 2.38. The summed E-state index contributed by atoms with van der Waals surface area (Å²) in [6.45, 7) is 0. The Hall–Kier alpha value is -2.75. The van der Waals surface area contributed by atoms with Crippen molar-refractivity contribution in [2.45, 2.75) is 6.36 Å². The molecule has 0 fully saturated rings. The van der Waals surface area contributed by atoms with E-state index in [1.54, 1.807) is 6.07 Å². The van der Waals surface area contributed by atoms with Crippen LogP contribution in [0.15, 0.2) is 36.4 Å². The van der Waals surface area contributed by atoms with Gasteiger partial charge in [0.25, 0.3) is 0 Å². The minimum absolute atomic E-state index is 0.133. The largest absolute Gasteiger partial charge is 0.573 e. The van der Waals surface area contributed by atoms with Gasteiger partial charge in [0, 0.05) is 5.56 Å². The maximum absolute atomic E-state index is 12.0. The number of alkyl halides is 3. The average molecular weight is 279 g/mol. The predicted molar refractivity (Wildman–Crippen MR) is 65.5 cm³/mol. The second-order valence-corrected chi connectivity index (χ2v) is 3.81. The molecule has 2 aromatic rings. The number of aromatic nitrogens is 1. The van der Waals surface area contributed by atoms with Gasteiger partial charge in [0.1, 0.15) is 23.3 Å². The van der Waals surface area contributed by atoms with Gasteiger partial charge in [0.2, 0.25) is 0 Å². The molecule has 0 saturated carbocycles. The molecule has 0 radical (unpaired) electrons. The molecular weight excluding hydrogens is 271 g/mol. The first kappa shape index (κ1) is 13.7. The molecule has 1 heterocycles. The van der Waals surface area contributed by atoms with E-state index in [0.29, 0.717) is 11.1 Å². The van der Waals surface area contributed by atoms with Gasteiger partial charge in [-0.05, 0) is 29.8 Å². The van der Waals surface area contributed by atoms with Gasteiger partial charge < -0.3 is 10.5 Å². The van der Waals surface area contributed by atoms with Crippen LogP contribution in [0, 0.1) is 11.3 Å². The second-order valence-electron chi connectivity index (χ2n) is 3.81. The number of nitrogens with zero attached hydrogens (tertiary/aromatic N) is 2. The highest BCUT2D eigenvalue weighted by Crippen LogP contribution is 2.28. The molecule has 20 heavy (non-hydrogen) atoms. The fraction of sp³-hybridized carbons (Fsp3) is 0.0769. The van der Waals surface area contributed by atoms with Crippen molar-refractivity contribution in [1.29, 1.82) is 5.26 Å². The van der Waals surface area contributed by atoms with Crippen LogP contribution in [0.2, 0.25) is 0 Å². The minimum atomic E-state index is -4.73. The van der Waals surface area contributed by atoms with Crippen LogP contribution < -0.4 is 10.5 Å². The number of rotatable bonds is 2. The zero-order chi connectivity index (χ0) is 14.8. The van der Waals surface area contributed by atoms with Gasteiger partial charge in [-0.15, -0.1) is 13.2 Å². The molecule has 0 aliphatic carbocycles. The van der Waals surface area contributed by atoms with E-state index in [2.05, 4.69) is 9.72 Å². The number of hydrogen-bond donors (Lipinski definition) is 1. The first-order valence-corrected chi connectivity index (χ1v) is 5.42. The van der Waals surface area contributed by atoms with E-state index in [4.69, 9.17) is 11.0 Å². The van der Waals surface area contributed by atoms with Gasteiger partial charge in [-0.25, -0.2) is 4.98 Å². The molecule has 0 spiro atoms. The summed E-state index contributed by atoms with van der Waals surface area (Å²) >= 11 is 0. The van der Waals surface area contributed by atoms with Crippen molar-refractivity contribution in [3.8, 4) is 22.9 Å². The molecule has 0 aliphatic rings. The third kappa shape index (κ3) is 3.17. The lowest BCUT2D eigenvalue weighted by molar-refractivity contribution is -0.274. The highest BCUT2D eigenvalue weighted by atomic mass is 19.4. The number of anilines is 1. The number of hydrogen-bond acceptors (Lipinski definition) is 4. The fourth-order valence-corrected chi connectivity index (χ4v) is 1.62. The number of nitrogens with two attached hydrogens (primary N) is 1. The number of pyridine rings is 1. The van der Waals surface area contributed by atoms with E-state index >= 15 is 0 Å². The van der Waals surface area contributed by atoms with Crippen molar-refractivity contribution in [2.24, 2.45) is 0 Å². The van der Waals surface area contributed by atoms with E-state index in [1.807, 2.05) is 6.07 Å². The molecule has 1 aromatic heterocycles. The normalized spacial score (nSPS) is 10.9. The van der Waals surface area contributed by atoms with Crippen molar-refractivity contribution in [1.82, 2.24) is 4.98 Å². The van der Waals surface area contributed by atoms with Crippen LogP contribution in [0.5, 0.6) is 5.75 Å². The Balaban J connectivity index is 2.29. The number of halogens is 3. The zero-order valence-electron chi connectivity index (χ0n) is 9.98. The third-order valence-corrected chi connectivity index (χ3v) is 2.44. The Bertz CT molecular complexity index is 660. The SMILES string of the molecule is N#Cc1ccc(-c2ccc(OC(F)(F)F)cc2)c(N)n1. The smallest absolute Gasteiger partial charge is 0.406 e. The van der Waals surface area contributed by atoms with Crippen LogP contribution in [0.25, 0.3) is 11.1 Å². The maximum atomic E-state index is 12.0. The van der Waals surface area contributed by atoms with Crippen molar-refractivity contribution < 1.29 is 17.9 Å². The number of nitrogen functional groups attached to an aromatic ring is 1. The lowest BCUT2D eigenvalue weighted by Gasteiger charge is -2.10. The zero-order valence-corrected chi connectivity index (χ0v) is 9.98. The third-order valence-electron chi connectivity index (χ3n) is 2.44. The van der Waals surface area contributed by atoms with Gasteiger partial charge in [0.15, 0.2) is 0 Å².